The molecule has 6 heteroatoms. The quantitative estimate of drug-likeness (QED) is 0.490. The minimum absolute atomic E-state index is 0.0110. The molecule has 32 heavy (non-hydrogen) atoms. The van der Waals surface area contributed by atoms with Gasteiger partial charge in [-0.15, -0.1) is 0 Å². The van der Waals surface area contributed by atoms with Crippen molar-refractivity contribution in [2.24, 2.45) is 0 Å². The Morgan fingerprint density at radius 1 is 0.781 bits per heavy atom. The summed E-state index contributed by atoms with van der Waals surface area (Å²) in [6.07, 6.45) is 0. The Bertz CT molecular complexity index is 999. The van der Waals surface area contributed by atoms with Crippen molar-refractivity contribution < 1.29 is 24.2 Å². The van der Waals surface area contributed by atoms with Crippen LogP contribution in [0, 0.1) is 0 Å². The van der Waals surface area contributed by atoms with Crippen LogP contribution in [0.5, 0.6) is 5.75 Å². The number of benzene rings is 3. The zero-order valence-electron chi connectivity index (χ0n) is 18.2. The highest BCUT2D eigenvalue weighted by Gasteiger charge is 2.09. The molecule has 0 heterocycles. The summed E-state index contributed by atoms with van der Waals surface area (Å²) in [5.41, 5.74) is 1.57. The van der Waals surface area contributed by atoms with Crippen LogP contribution in [0.25, 0.3) is 0 Å². The molecule has 0 radical (unpaired) electrons. The van der Waals surface area contributed by atoms with Crippen molar-refractivity contribution in [3.8, 4) is 5.75 Å². The van der Waals surface area contributed by atoms with Crippen LogP contribution in [-0.2, 0) is 4.79 Å². The van der Waals surface area contributed by atoms with E-state index in [1.54, 1.807) is 66.7 Å². The van der Waals surface area contributed by atoms with Gasteiger partial charge in [0, 0.05) is 17.2 Å². The van der Waals surface area contributed by atoms with Crippen LogP contribution in [0.1, 0.15) is 40.1 Å². The van der Waals surface area contributed by atoms with Gasteiger partial charge >= 0.3 is 5.97 Å². The molecule has 3 aromatic rings. The molecule has 3 rings (SSSR count). The predicted molar refractivity (Wildman–Crippen MR) is 123 cm³/mol. The number of Topliss-reactive ketones (excluding diaryl/α,β-unsaturated/α-hetero) is 1. The maximum absolute atomic E-state index is 12.3. The van der Waals surface area contributed by atoms with Crippen LogP contribution >= 0.6 is 0 Å². The highest BCUT2D eigenvalue weighted by Crippen LogP contribution is 2.15. The van der Waals surface area contributed by atoms with Crippen molar-refractivity contribution in [2.75, 3.05) is 13.2 Å². The lowest BCUT2D eigenvalue weighted by Gasteiger charge is -2.09. The van der Waals surface area contributed by atoms with E-state index in [4.69, 9.17) is 9.84 Å². The first-order chi connectivity index (χ1) is 15.4. The molecule has 0 amide bonds. The van der Waals surface area contributed by atoms with Gasteiger partial charge in [0.2, 0.25) is 0 Å². The molecule has 0 aliphatic carbocycles. The molecule has 0 fully saturated rings. The molecule has 2 N–H and O–H groups in total. The minimum atomic E-state index is -0.879. The minimum Gasteiger partial charge on any atom is -0.486 e. The number of nitrogens with one attached hydrogen (secondary N) is 1. The van der Waals surface area contributed by atoms with E-state index in [1.807, 2.05) is 32.0 Å². The molecule has 0 aliphatic rings. The van der Waals surface area contributed by atoms with Gasteiger partial charge < -0.3 is 15.2 Å². The van der Waals surface area contributed by atoms with E-state index in [0.717, 1.165) is 0 Å². The molecule has 0 bridgehead atoms. The van der Waals surface area contributed by atoms with Gasteiger partial charge in [-0.05, 0) is 36.4 Å². The fourth-order valence-electron chi connectivity index (χ4n) is 2.57. The molecule has 0 saturated carbocycles. The molecular weight excluding hydrogens is 406 g/mol. The summed E-state index contributed by atoms with van der Waals surface area (Å²) in [7, 11) is 0. The van der Waals surface area contributed by atoms with Gasteiger partial charge in [0.1, 0.15) is 12.4 Å². The van der Waals surface area contributed by atoms with E-state index in [1.165, 1.54) is 0 Å². The zero-order chi connectivity index (χ0) is 23.3. The first kappa shape index (κ1) is 24.5. The summed E-state index contributed by atoms with van der Waals surface area (Å²) in [6.45, 7) is 4.28. The largest absolute Gasteiger partial charge is 0.486 e. The third kappa shape index (κ3) is 8.53. The molecule has 0 unspecified atom stereocenters. The van der Waals surface area contributed by atoms with Crippen LogP contribution in [-0.4, -0.2) is 41.8 Å². The number of aromatic carboxylic acids is 1. The number of rotatable bonds is 9. The molecule has 0 aromatic heterocycles. The normalized spacial score (nSPS) is 10.1. The van der Waals surface area contributed by atoms with E-state index >= 15 is 0 Å². The van der Waals surface area contributed by atoms with Gasteiger partial charge in [0.05, 0.1) is 12.1 Å². The van der Waals surface area contributed by atoms with Crippen molar-refractivity contribution in [1.29, 1.82) is 0 Å². The number of hydrogen-bond donors (Lipinski definition) is 2. The number of ketones is 2. The van der Waals surface area contributed by atoms with E-state index < -0.39 is 5.97 Å². The van der Waals surface area contributed by atoms with Crippen LogP contribution in [0.2, 0.25) is 0 Å². The Labute approximate surface area is 187 Å². The highest BCUT2D eigenvalue weighted by atomic mass is 16.5. The second kappa shape index (κ2) is 12.8. The van der Waals surface area contributed by atoms with E-state index in [0.29, 0.717) is 29.0 Å². The van der Waals surface area contributed by atoms with Gasteiger partial charge in [-0.2, -0.15) is 0 Å². The number of carboxylic acids is 1. The SMILES string of the molecule is CC(C)NCC(=O)COc1ccc(C(=O)c2ccccc2)cc1.O=C(O)c1ccccc1. The Hall–Kier alpha value is -3.77. The molecular formula is C26H27NO5. The van der Waals surface area contributed by atoms with E-state index in [2.05, 4.69) is 5.32 Å². The van der Waals surface area contributed by atoms with Crippen LogP contribution in [0.15, 0.2) is 84.9 Å². The van der Waals surface area contributed by atoms with Crippen LogP contribution in [0.3, 0.4) is 0 Å². The predicted octanol–water partition coefficient (Wildman–Crippen LogP) is 4.25. The summed E-state index contributed by atoms with van der Waals surface area (Å²) in [6, 6.07) is 24.5. The molecule has 166 valence electrons. The van der Waals surface area contributed by atoms with Gasteiger partial charge in [-0.1, -0.05) is 62.4 Å². The van der Waals surface area contributed by atoms with Crippen LogP contribution in [0.4, 0.5) is 0 Å². The number of carbonyl (C=O) groups excluding carboxylic acids is 2. The maximum atomic E-state index is 12.3. The molecule has 0 atom stereocenters. The third-order valence-corrected chi connectivity index (χ3v) is 4.28. The standard InChI is InChI=1S/C19H21NO3.C7H6O2/c1-14(2)20-12-17(21)13-23-18-10-8-16(9-11-18)19(22)15-6-4-3-5-7-15;8-7(9)6-4-2-1-3-5-6/h3-11,14,20H,12-13H2,1-2H3;1-5H,(H,8,9). The Kier molecular flexibility index (Phi) is 9.81. The average molecular weight is 434 g/mol. The van der Waals surface area contributed by atoms with Gasteiger partial charge in [0.15, 0.2) is 11.6 Å². The maximum Gasteiger partial charge on any atom is 0.335 e. The van der Waals surface area contributed by atoms with Crippen molar-refractivity contribution in [3.05, 3.63) is 102 Å². The highest BCUT2D eigenvalue weighted by molar-refractivity contribution is 6.09. The second-order valence-corrected chi connectivity index (χ2v) is 7.25. The topological polar surface area (TPSA) is 92.7 Å². The molecule has 0 aliphatic heterocycles. The smallest absolute Gasteiger partial charge is 0.335 e. The monoisotopic (exact) mass is 433 g/mol. The third-order valence-electron chi connectivity index (χ3n) is 4.28. The first-order valence-corrected chi connectivity index (χ1v) is 10.2. The molecule has 0 saturated heterocycles. The Balaban J connectivity index is 0.000000336. The number of carbonyl (C=O) groups is 3. The lowest BCUT2D eigenvalue weighted by Crippen LogP contribution is -2.31. The summed E-state index contributed by atoms with van der Waals surface area (Å²) in [4.78, 5) is 34.1. The summed E-state index contributed by atoms with van der Waals surface area (Å²) in [5.74, 6) is -0.347. The number of carboxylic acid groups (broad SMARTS) is 1. The summed E-state index contributed by atoms with van der Waals surface area (Å²) >= 11 is 0. The van der Waals surface area contributed by atoms with Crippen molar-refractivity contribution >= 4 is 17.5 Å². The van der Waals surface area contributed by atoms with Gasteiger partial charge in [-0.25, -0.2) is 4.79 Å². The average Bonchev–Trinajstić information content (AvgIpc) is 2.83. The van der Waals surface area contributed by atoms with Crippen molar-refractivity contribution in [3.63, 3.8) is 0 Å². The van der Waals surface area contributed by atoms with Crippen LogP contribution < -0.4 is 10.1 Å². The van der Waals surface area contributed by atoms with Crippen molar-refractivity contribution in [1.82, 2.24) is 5.32 Å². The fraction of sp³-hybridized carbons (Fsp3) is 0.192. The lowest BCUT2D eigenvalue weighted by atomic mass is 10.0. The molecule has 3 aromatic carbocycles. The lowest BCUT2D eigenvalue weighted by molar-refractivity contribution is -0.120. The van der Waals surface area contributed by atoms with E-state index in [-0.39, 0.29) is 24.2 Å². The zero-order valence-corrected chi connectivity index (χ0v) is 18.2. The summed E-state index contributed by atoms with van der Waals surface area (Å²) < 4.78 is 5.44. The molecule has 6 nitrogen and oxygen atoms in total. The second-order valence-electron chi connectivity index (χ2n) is 7.25. The number of hydrogen-bond acceptors (Lipinski definition) is 5. The van der Waals surface area contributed by atoms with Crippen molar-refractivity contribution in [2.45, 2.75) is 19.9 Å². The van der Waals surface area contributed by atoms with Gasteiger partial charge in [-0.3, -0.25) is 9.59 Å². The van der Waals surface area contributed by atoms with E-state index in [9.17, 15) is 14.4 Å². The Morgan fingerprint density at radius 2 is 1.28 bits per heavy atom. The fourth-order valence-corrected chi connectivity index (χ4v) is 2.57. The van der Waals surface area contributed by atoms with Gasteiger partial charge in [0.25, 0.3) is 0 Å². The Morgan fingerprint density at radius 3 is 1.75 bits per heavy atom. The first-order valence-electron chi connectivity index (χ1n) is 10.2. The summed E-state index contributed by atoms with van der Waals surface area (Å²) in [5, 5.41) is 11.4. The number of ether oxygens (including phenoxy) is 1. The molecule has 0 spiro atoms.